The van der Waals surface area contributed by atoms with Gasteiger partial charge in [-0.15, -0.1) is 10.2 Å². The summed E-state index contributed by atoms with van der Waals surface area (Å²) in [6.45, 7) is 3.08. The third-order valence-corrected chi connectivity index (χ3v) is 4.57. The summed E-state index contributed by atoms with van der Waals surface area (Å²) in [6, 6.07) is 6.28. The first-order valence-electron chi connectivity index (χ1n) is 8.06. The Hall–Kier alpha value is -2.24. The molecule has 1 fully saturated rings. The van der Waals surface area contributed by atoms with Crippen LogP contribution in [0.1, 0.15) is 37.2 Å². The molecule has 2 aromatic rings. The zero-order valence-electron chi connectivity index (χ0n) is 14.2. The van der Waals surface area contributed by atoms with E-state index in [1.54, 1.807) is 14.2 Å². The summed E-state index contributed by atoms with van der Waals surface area (Å²) in [6.07, 6.45) is 3.10. The smallest absolute Gasteiger partial charge is 0.227 e. The lowest BCUT2D eigenvalue weighted by Gasteiger charge is -2.27. The van der Waals surface area contributed by atoms with Crippen LogP contribution in [-0.2, 0) is 13.5 Å². The van der Waals surface area contributed by atoms with Crippen molar-refractivity contribution in [1.29, 1.82) is 0 Å². The van der Waals surface area contributed by atoms with Gasteiger partial charge in [-0.1, -0.05) is 6.92 Å². The number of nitrogens with zero attached hydrogens (tertiary/aromatic N) is 4. The number of hydrogen-bond acceptors (Lipinski definition) is 5. The minimum Gasteiger partial charge on any atom is -0.497 e. The van der Waals surface area contributed by atoms with Crippen molar-refractivity contribution in [2.45, 2.75) is 32.2 Å². The highest BCUT2D eigenvalue weighted by Crippen LogP contribution is 2.40. The molecule has 0 bridgehead atoms. The fourth-order valence-corrected chi connectivity index (χ4v) is 3.33. The number of anilines is 1. The fraction of sp³-hybridized carbons (Fsp3) is 0.529. The van der Waals surface area contributed by atoms with Crippen molar-refractivity contribution in [2.24, 2.45) is 7.05 Å². The van der Waals surface area contributed by atoms with Crippen molar-refractivity contribution in [3.63, 3.8) is 0 Å². The van der Waals surface area contributed by atoms with Gasteiger partial charge in [0, 0.05) is 31.6 Å². The largest absolute Gasteiger partial charge is 0.497 e. The second kappa shape index (κ2) is 6.48. The van der Waals surface area contributed by atoms with Crippen LogP contribution in [0.3, 0.4) is 0 Å². The zero-order chi connectivity index (χ0) is 16.4. The van der Waals surface area contributed by atoms with Crippen molar-refractivity contribution < 1.29 is 9.47 Å². The number of methoxy groups -OCH3 is 2. The van der Waals surface area contributed by atoms with Crippen molar-refractivity contribution in [3.05, 3.63) is 29.6 Å². The summed E-state index contributed by atoms with van der Waals surface area (Å²) >= 11 is 0. The zero-order valence-corrected chi connectivity index (χ0v) is 14.2. The van der Waals surface area contributed by atoms with Crippen LogP contribution >= 0.6 is 0 Å². The first-order chi connectivity index (χ1) is 11.2. The molecule has 6 heteroatoms. The molecule has 6 nitrogen and oxygen atoms in total. The average molecular weight is 316 g/mol. The lowest BCUT2D eigenvalue weighted by molar-refractivity contribution is 0.388. The van der Waals surface area contributed by atoms with Gasteiger partial charge in [0.05, 0.1) is 20.3 Å². The molecule has 2 heterocycles. The lowest BCUT2D eigenvalue weighted by Crippen LogP contribution is -2.26. The maximum Gasteiger partial charge on any atom is 0.227 e. The van der Waals surface area contributed by atoms with E-state index in [1.807, 2.05) is 19.2 Å². The van der Waals surface area contributed by atoms with E-state index in [0.717, 1.165) is 49.1 Å². The van der Waals surface area contributed by atoms with Crippen molar-refractivity contribution >= 4 is 5.95 Å². The Labute approximate surface area is 137 Å². The Morgan fingerprint density at radius 2 is 2.04 bits per heavy atom. The van der Waals surface area contributed by atoms with E-state index in [0.29, 0.717) is 0 Å². The number of benzene rings is 1. The number of aromatic nitrogens is 3. The molecule has 0 radical (unpaired) electrons. The molecule has 124 valence electrons. The first-order valence-corrected chi connectivity index (χ1v) is 8.06. The number of aryl methyl sites for hydroxylation is 1. The molecule has 1 atom stereocenters. The molecule has 1 aromatic carbocycles. The van der Waals surface area contributed by atoms with Gasteiger partial charge in [0.2, 0.25) is 5.95 Å². The Bertz CT molecular complexity index is 683. The molecule has 0 spiro atoms. The Morgan fingerprint density at radius 1 is 1.22 bits per heavy atom. The lowest BCUT2D eigenvalue weighted by atomic mass is 10.0. The highest BCUT2D eigenvalue weighted by atomic mass is 16.5. The van der Waals surface area contributed by atoms with Gasteiger partial charge in [-0.05, 0) is 25.0 Å². The Kier molecular flexibility index (Phi) is 4.41. The first kappa shape index (κ1) is 15.6. The number of hydrogen-bond donors (Lipinski definition) is 0. The topological polar surface area (TPSA) is 52.4 Å². The maximum atomic E-state index is 5.59. The van der Waals surface area contributed by atoms with Gasteiger partial charge in [0.15, 0.2) is 0 Å². The van der Waals surface area contributed by atoms with Crippen LogP contribution in [-0.4, -0.2) is 35.5 Å². The monoisotopic (exact) mass is 316 g/mol. The summed E-state index contributed by atoms with van der Waals surface area (Å²) < 4.78 is 13.0. The van der Waals surface area contributed by atoms with E-state index in [1.165, 1.54) is 5.56 Å². The van der Waals surface area contributed by atoms with Gasteiger partial charge in [-0.2, -0.15) is 0 Å². The van der Waals surface area contributed by atoms with Crippen LogP contribution in [0.2, 0.25) is 0 Å². The minimum absolute atomic E-state index is 0.253. The van der Waals surface area contributed by atoms with Gasteiger partial charge in [0.25, 0.3) is 0 Å². The summed E-state index contributed by atoms with van der Waals surface area (Å²) in [5.74, 6) is 3.61. The van der Waals surface area contributed by atoms with Crippen LogP contribution in [0, 0.1) is 0 Å². The predicted molar refractivity (Wildman–Crippen MR) is 89.2 cm³/mol. The van der Waals surface area contributed by atoms with Gasteiger partial charge in [-0.3, -0.25) is 0 Å². The average Bonchev–Trinajstić information content (AvgIpc) is 3.20. The van der Waals surface area contributed by atoms with Crippen molar-refractivity contribution in [2.75, 3.05) is 25.7 Å². The molecule has 1 aliphatic rings. The van der Waals surface area contributed by atoms with Crippen LogP contribution < -0.4 is 14.4 Å². The number of ether oxygens (including phenoxy) is 2. The molecular formula is C17H24N4O2. The second-order valence-corrected chi connectivity index (χ2v) is 5.79. The molecule has 1 saturated heterocycles. The van der Waals surface area contributed by atoms with Crippen LogP contribution in [0.4, 0.5) is 5.95 Å². The second-order valence-electron chi connectivity index (χ2n) is 5.79. The van der Waals surface area contributed by atoms with E-state index in [-0.39, 0.29) is 6.04 Å². The SMILES string of the molecule is CCc1nnc(N2CCCC2c2ccc(OC)cc2OC)n1C. The van der Waals surface area contributed by atoms with E-state index >= 15 is 0 Å². The Morgan fingerprint density at radius 3 is 2.70 bits per heavy atom. The van der Waals surface area contributed by atoms with Crippen molar-refractivity contribution in [3.8, 4) is 11.5 Å². The maximum absolute atomic E-state index is 5.59. The van der Waals surface area contributed by atoms with E-state index in [2.05, 4.69) is 32.7 Å². The third-order valence-electron chi connectivity index (χ3n) is 4.57. The standard InChI is InChI=1S/C17H24N4O2/c1-5-16-18-19-17(20(16)2)21-10-6-7-14(21)13-9-8-12(22-3)11-15(13)23-4/h8-9,11,14H,5-7,10H2,1-4H3. The summed E-state index contributed by atoms with van der Waals surface area (Å²) in [5, 5.41) is 8.70. The summed E-state index contributed by atoms with van der Waals surface area (Å²) in [4.78, 5) is 2.33. The molecule has 3 rings (SSSR count). The summed E-state index contributed by atoms with van der Waals surface area (Å²) in [5.41, 5.74) is 1.17. The molecule has 1 unspecified atom stereocenters. The highest BCUT2D eigenvalue weighted by molar-refractivity contribution is 5.48. The Balaban J connectivity index is 1.97. The molecule has 1 aromatic heterocycles. The quantitative estimate of drug-likeness (QED) is 0.849. The van der Waals surface area contributed by atoms with Crippen LogP contribution in [0.15, 0.2) is 18.2 Å². The summed E-state index contributed by atoms with van der Waals surface area (Å²) in [7, 11) is 5.41. The van der Waals surface area contributed by atoms with Gasteiger partial charge < -0.3 is 18.9 Å². The van der Waals surface area contributed by atoms with Gasteiger partial charge in [0.1, 0.15) is 17.3 Å². The van der Waals surface area contributed by atoms with E-state index in [4.69, 9.17) is 9.47 Å². The molecule has 0 amide bonds. The predicted octanol–water partition coefficient (Wildman–Crippen LogP) is 2.74. The van der Waals surface area contributed by atoms with E-state index < -0.39 is 0 Å². The molecule has 0 aliphatic carbocycles. The molecule has 1 aliphatic heterocycles. The minimum atomic E-state index is 0.253. The third kappa shape index (κ3) is 2.73. The van der Waals surface area contributed by atoms with E-state index in [9.17, 15) is 0 Å². The van der Waals surface area contributed by atoms with Gasteiger partial charge >= 0.3 is 0 Å². The van der Waals surface area contributed by atoms with Crippen molar-refractivity contribution in [1.82, 2.24) is 14.8 Å². The molecule has 0 saturated carbocycles. The normalized spacial score (nSPS) is 17.6. The molecule has 23 heavy (non-hydrogen) atoms. The highest BCUT2D eigenvalue weighted by Gasteiger charge is 2.31. The van der Waals surface area contributed by atoms with Gasteiger partial charge in [-0.25, -0.2) is 0 Å². The fourth-order valence-electron chi connectivity index (χ4n) is 3.33. The molecule has 0 N–H and O–H groups in total. The van der Waals surface area contributed by atoms with Crippen LogP contribution in [0.5, 0.6) is 11.5 Å². The number of rotatable bonds is 5. The molecular weight excluding hydrogens is 292 g/mol. The van der Waals surface area contributed by atoms with Crippen LogP contribution in [0.25, 0.3) is 0 Å².